The lowest BCUT2D eigenvalue weighted by molar-refractivity contribution is 0.102. The van der Waals surface area contributed by atoms with Gasteiger partial charge in [-0.05, 0) is 46.3 Å². The minimum atomic E-state index is -0.312. The Kier molecular flexibility index (Phi) is 3.89. The van der Waals surface area contributed by atoms with Crippen LogP contribution in [-0.2, 0) is 0 Å². The SMILES string of the molecule is O=C(Nc1ccc(Cl)c(Cl)c1)c1cn2cc(Br)ccc2n1. The van der Waals surface area contributed by atoms with Crippen molar-refractivity contribution in [2.45, 2.75) is 0 Å². The van der Waals surface area contributed by atoms with Crippen molar-refractivity contribution in [1.82, 2.24) is 9.38 Å². The van der Waals surface area contributed by atoms with Gasteiger partial charge in [-0.25, -0.2) is 4.98 Å². The number of hydrogen-bond acceptors (Lipinski definition) is 2. The molecule has 0 radical (unpaired) electrons. The number of anilines is 1. The van der Waals surface area contributed by atoms with Gasteiger partial charge in [0.15, 0.2) is 0 Å². The number of halogens is 3. The van der Waals surface area contributed by atoms with E-state index in [1.165, 1.54) is 0 Å². The fourth-order valence-corrected chi connectivity index (χ4v) is 2.49. The molecule has 1 aromatic carbocycles. The van der Waals surface area contributed by atoms with Crippen LogP contribution in [0, 0.1) is 0 Å². The molecule has 4 nitrogen and oxygen atoms in total. The number of nitrogens with one attached hydrogen (secondary N) is 1. The van der Waals surface area contributed by atoms with E-state index in [2.05, 4.69) is 26.2 Å². The molecule has 1 amide bonds. The van der Waals surface area contributed by atoms with Gasteiger partial charge >= 0.3 is 0 Å². The number of amides is 1. The van der Waals surface area contributed by atoms with Crippen LogP contribution in [0.15, 0.2) is 47.2 Å². The van der Waals surface area contributed by atoms with E-state index in [0.717, 1.165) is 4.47 Å². The van der Waals surface area contributed by atoms with Crippen molar-refractivity contribution >= 4 is 56.4 Å². The third kappa shape index (κ3) is 3.05. The van der Waals surface area contributed by atoms with Gasteiger partial charge < -0.3 is 9.72 Å². The predicted molar refractivity (Wildman–Crippen MR) is 87.3 cm³/mol. The number of fused-ring (bicyclic) bond motifs is 1. The molecule has 0 aliphatic rings. The van der Waals surface area contributed by atoms with Crippen molar-refractivity contribution in [2.24, 2.45) is 0 Å². The standard InChI is InChI=1S/C14H8BrCl2N3O/c15-8-1-4-13-19-12(7-20(13)6-8)14(21)18-9-2-3-10(16)11(17)5-9/h1-7H,(H,18,21). The summed E-state index contributed by atoms with van der Waals surface area (Å²) in [7, 11) is 0. The third-order valence-electron chi connectivity index (χ3n) is 2.83. The number of aromatic nitrogens is 2. The fraction of sp³-hybridized carbons (Fsp3) is 0. The topological polar surface area (TPSA) is 46.4 Å². The number of rotatable bonds is 2. The molecule has 3 aromatic rings. The van der Waals surface area contributed by atoms with Crippen molar-refractivity contribution in [3.05, 3.63) is 62.9 Å². The van der Waals surface area contributed by atoms with Crippen LogP contribution >= 0.6 is 39.1 Å². The zero-order valence-electron chi connectivity index (χ0n) is 10.5. The Morgan fingerprint density at radius 1 is 1.14 bits per heavy atom. The van der Waals surface area contributed by atoms with Gasteiger partial charge in [-0.15, -0.1) is 0 Å². The number of carbonyl (C=O) groups excluding carboxylic acids is 1. The van der Waals surface area contributed by atoms with Crippen LogP contribution in [0.5, 0.6) is 0 Å². The van der Waals surface area contributed by atoms with Gasteiger partial charge in [0.25, 0.3) is 5.91 Å². The average Bonchev–Trinajstić information content (AvgIpc) is 2.86. The molecule has 0 aliphatic heterocycles. The van der Waals surface area contributed by atoms with E-state index in [-0.39, 0.29) is 5.91 Å². The van der Waals surface area contributed by atoms with E-state index >= 15 is 0 Å². The first-order valence-electron chi connectivity index (χ1n) is 5.93. The monoisotopic (exact) mass is 383 g/mol. The number of benzene rings is 1. The van der Waals surface area contributed by atoms with Crippen molar-refractivity contribution < 1.29 is 4.79 Å². The number of pyridine rings is 1. The lowest BCUT2D eigenvalue weighted by Gasteiger charge is -2.04. The number of hydrogen-bond donors (Lipinski definition) is 1. The third-order valence-corrected chi connectivity index (χ3v) is 4.03. The summed E-state index contributed by atoms with van der Waals surface area (Å²) >= 11 is 15.1. The van der Waals surface area contributed by atoms with Gasteiger partial charge in [0, 0.05) is 22.6 Å². The summed E-state index contributed by atoms with van der Waals surface area (Å²) in [5.41, 5.74) is 1.57. The van der Waals surface area contributed by atoms with Crippen molar-refractivity contribution in [1.29, 1.82) is 0 Å². The summed E-state index contributed by atoms with van der Waals surface area (Å²) in [6, 6.07) is 8.58. The molecule has 0 saturated carbocycles. The molecule has 106 valence electrons. The van der Waals surface area contributed by atoms with E-state index in [9.17, 15) is 4.79 Å². The smallest absolute Gasteiger partial charge is 0.275 e. The zero-order valence-corrected chi connectivity index (χ0v) is 13.6. The second-order valence-corrected chi connectivity index (χ2v) is 6.05. The Bertz CT molecular complexity index is 847. The molecule has 2 aromatic heterocycles. The fourth-order valence-electron chi connectivity index (χ4n) is 1.84. The van der Waals surface area contributed by atoms with E-state index in [1.807, 2.05) is 18.3 Å². The number of nitrogens with zero attached hydrogens (tertiary/aromatic N) is 2. The Hall–Kier alpha value is -1.56. The van der Waals surface area contributed by atoms with Crippen LogP contribution in [-0.4, -0.2) is 15.3 Å². The van der Waals surface area contributed by atoms with Crippen LogP contribution in [0.2, 0.25) is 10.0 Å². The molecule has 21 heavy (non-hydrogen) atoms. The summed E-state index contributed by atoms with van der Waals surface area (Å²) in [6.45, 7) is 0. The summed E-state index contributed by atoms with van der Waals surface area (Å²) < 4.78 is 2.68. The van der Waals surface area contributed by atoms with Gasteiger partial charge in [0.05, 0.1) is 10.0 Å². The Balaban J connectivity index is 1.87. The molecule has 0 atom stereocenters. The van der Waals surface area contributed by atoms with E-state index in [4.69, 9.17) is 23.2 Å². The quantitative estimate of drug-likeness (QED) is 0.698. The first kappa shape index (κ1) is 14.4. The minimum Gasteiger partial charge on any atom is -0.321 e. The highest BCUT2D eigenvalue weighted by molar-refractivity contribution is 9.10. The van der Waals surface area contributed by atoms with Gasteiger partial charge in [-0.2, -0.15) is 0 Å². The van der Waals surface area contributed by atoms with E-state index in [0.29, 0.717) is 27.1 Å². The highest BCUT2D eigenvalue weighted by Gasteiger charge is 2.11. The molecule has 1 N–H and O–H groups in total. The minimum absolute atomic E-state index is 0.312. The van der Waals surface area contributed by atoms with Gasteiger partial charge in [0.1, 0.15) is 11.3 Å². The Morgan fingerprint density at radius 2 is 1.95 bits per heavy atom. The first-order valence-corrected chi connectivity index (χ1v) is 7.48. The summed E-state index contributed by atoms with van der Waals surface area (Å²) in [5.74, 6) is -0.312. The predicted octanol–water partition coefficient (Wildman–Crippen LogP) is 4.66. The highest BCUT2D eigenvalue weighted by Crippen LogP contribution is 2.25. The van der Waals surface area contributed by atoms with Crippen molar-refractivity contribution in [3.8, 4) is 0 Å². The molecule has 7 heteroatoms. The van der Waals surface area contributed by atoms with Gasteiger partial charge in [-0.3, -0.25) is 4.79 Å². The molecule has 2 heterocycles. The summed E-state index contributed by atoms with van der Waals surface area (Å²) in [5, 5.41) is 3.55. The molecular weight excluding hydrogens is 377 g/mol. The Morgan fingerprint density at radius 3 is 2.71 bits per heavy atom. The largest absolute Gasteiger partial charge is 0.321 e. The van der Waals surface area contributed by atoms with Gasteiger partial charge in [-0.1, -0.05) is 23.2 Å². The lowest BCUT2D eigenvalue weighted by Crippen LogP contribution is -2.12. The number of imidazole rings is 1. The molecular formula is C14H8BrCl2N3O. The van der Waals surface area contributed by atoms with Crippen molar-refractivity contribution in [2.75, 3.05) is 5.32 Å². The van der Waals surface area contributed by atoms with E-state index < -0.39 is 0 Å². The summed E-state index contributed by atoms with van der Waals surface area (Å²) in [4.78, 5) is 16.5. The van der Waals surface area contributed by atoms with Crippen LogP contribution in [0.3, 0.4) is 0 Å². The highest BCUT2D eigenvalue weighted by atomic mass is 79.9. The lowest BCUT2D eigenvalue weighted by atomic mass is 10.3. The average molecular weight is 385 g/mol. The molecule has 0 saturated heterocycles. The maximum absolute atomic E-state index is 12.2. The van der Waals surface area contributed by atoms with Crippen LogP contribution in [0.4, 0.5) is 5.69 Å². The molecule has 0 spiro atoms. The first-order chi connectivity index (χ1) is 10.0. The molecule has 0 unspecified atom stereocenters. The van der Waals surface area contributed by atoms with Crippen molar-refractivity contribution in [3.63, 3.8) is 0 Å². The van der Waals surface area contributed by atoms with E-state index in [1.54, 1.807) is 28.8 Å². The maximum atomic E-state index is 12.2. The normalized spacial score (nSPS) is 10.8. The van der Waals surface area contributed by atoms with Crippen LogP contribution < -0.4 is 5.32 Å². The van der Waals surface area contributed by atoms with Crippen LogP contribution in [0.25, 0.3) is 5.65 Å². The zero-order chi connectivity index (χ0) is 15.0. The summed E-state index contributed by atoms with van der Waals surface area (Å²) in [6.07, 6.45) is 3.49. The molecule has 0 bridgehead atoms. The molecule has 0 aliphatic carbocycles. The van der Waals surface area contributed by atoms with Gasteiger partial charge in [0.2, 0.25) is 0 Å². The Labute approximate surface area is 138 Å². The second kappa shape index (κ2) is 5.67. The van der Waals surface area contributed by atoms with Crippen LogP contribution in [0.1, 0.15) is 10.5 Å². The maximum Gasteiger partial charge on any atom is 0.275 e. The molecule has 3 rings (SSSR count). The number of carbonyl (C=O) groups is 1. The molecule has 0 fully saturated rings. The second-order valence-electron chi connectivity index (χ2n) is 4.32.